The summed E-state index contributed by atoms with van der Waals surface area (Å²) < 4.78 is 0. The Labute approximate surface area is 117 Å². The zero-order chi connectivity index (χ0) is 14.9. The highest BCUT2D eigenvalue weighted by molar-refractivity contribution is 5.99. The lowest BCUT2D eigenvalue weighted by Crippen LogP contribution is -2.47. The van der Waals surface area contributed by atoms with Crippen LogP contribution in [-0.2, 0) is 4.79 Å². The van der Waals surface area contributed by atoms with Crippen molar-refractivity contribution in [1.29, 1.82) is 0 Å². The number of nitrogens with zero attached hydrogens (tertiary/aromatic N) is 1. The summed E-state index contributed by atoms with van der Waals surface area (Å²) in [6, 6.07) is 1.75. The number of carboxylic acid groups (broad SMARTS) is 1. The fourth-order valence-corrected chi connectivity index (χ4v) is 2.76. The Morgan fingerprint density at radius 3 is 2.55 bits per heavy atom. The highest BCUT2D eigenvalue weighted by Gasteiger charge is 2.39. The maximum Gasteiger partial charge on any atom is 0.305 e. The van der Waals surface area contributed by atoms with Crippen LogP contribution in [0.3, 0.4) is 0 Å². The van der Waals surface area contributed by atoms with E-state index in [2.05, 4.69) is 10.3 Å². The Kier molecular flexibility index (Phi) is 3.65. The number of rotatable bonds is 5. The molecule has 1 heterocycles. The molecule has 0 aliphatic heterocycles. The third kappa shape index (κ3) is 2.74. The number of amides is 1. The first-order chi connectivity index (χ1) is 9.33. The lowest BCUT2D eigenvalue weighted by molar-refractivity contribution is -0.138. The van der Waals surface area contributed by atoms with Crippen LogP contribution in [0.25, 0.3) is 0 Å². The molecule has 0 spiro atoms. The quantitative estimate of drug-likeness (QED) is 0.758. The second-order valence-corrected chi connectivity index (χ2v) is 5.47. The number of aryl methyl sites for hydroxylation is 2. The fraction of sp³-hybridized carbons (Fsp3) is 0.500. The number of primary amides is 1. The average molecular weight is 277 g/mol. The molecule has 0 bridgehead atoms. The molecule has 0 atom stereocenters. The van der Waals surface area contributed by atoms with Gasteiger partial charge in [-0.2, -0.15) is 0 Å². The third-order valence-corrected chi connectivity index (χ3v) is 3.77. The molecule has 1 amide bonds. The van der Waals surface area contributed by atoms with E-state index in [9.17, 15) is 9.59 Å². The van der Waals surface area contributed by atoms with E-state index >= 15 is 0 Å². The number of carboxylic acids is 1. The second kappa shape index (κ2) is 5.11. The van der Waals surface area contributed by atoms with Crippen LogP contribution in [0.1, 0.15) is 47.4 Å². The Morgan fingerprint density at radius 1 is 1.45 bits per heavy atom. The monoisotopic (exact) mass is 277 g/mol. The number of pyridine rings is 1. The van der Waals surface area contributed by atoms with Gasteiger partial charge in [-0.25, -0.2) is 0 Å². The number of aliphatic carboxylic acids is 1. The molecule has 1 aromatic rings. The van der Waals surface area contributed by atoms with Gasteiger partial charge in [-0.15, -0.1) is 0 Å². The Morgan fingerprint density at radius 2 is 2.10 bits per heavy atom. The van der Waals surface area contributed by atoms with E-state index < -0.39 is 17.4 Å². The van der Waals surface area contributed by atoms with Crippen molar-refractivity contribution in [3.8, 4) is 0 Å². The lowest BCUT2D eigenvalue weighted by Gasteiger charge is -2.42. The van der Waals surface area contributed by atoms with Crippen LogP contribution in [0, 0.1) is 13.8 Å². The Hall–Kier alpha value is -2.11. The number of hydrogen-bond acceptors (Lipinski definition) is 4. The van der Waals surface area contributed by atoms with Crippen molar-refractivity contribution in [2.24, 2.45) is 5.73 Å². The second-order valence-electron chi connectivity index (χ2n) is 5.47. The topological polar surface area (TPSA) is 105 Å². The summed E-state index contributed by atoms with van der Waals surface area (Å²) >= 11 is 0. The average Bonchev–Trinajstić information content (AvgIpc) is 2.23. The molecule has 108 valence electrons. The van der Waals surface area contributed by atoms with Crippen molar-refractivity contribution < 1.29 is 14.7 Å². The van der Waals surface area contributed by atoms with Crippen molar-refractivity contribution in [2.45, 2.75) is 45.1 Å². The van der Waals surface area contributed by atoms with Crippen LogP contribution >= 0.6 is 0 Å². The molecule has 0 radical (unpaired) electrons. The van der Waals surface area contributed by atoms with E-state index in [0.29, 0.717) is 16.9 Å². The van der Waals surface area contributed by atoms with Crippen LogP contribution in [0.2, 0.25) is 0 Å². The van der Waals surface area contributed by atoms with Gasteiger partial charge in [0.25, 0.3) is 5.91 Å². The smallest absolute Gasteiger partial charge is 0.305 e. The van der Waals surface area contributed by atoms with Crippen LogP contribution in [0.15, 0.2) is 6.07 Å². The minimum Gasteiger partial charge on any atom is -0.481 e. The van der Waals surface area contributed by atoms with Crippen LogP contribution in [0.4, 0.5) is 5.69 Å². The van der Waals surface area contributed by atoms with Crippen LogP contribution < -0.4 is 11.1 Å². The summed E-state index contributed by atoms with van der Waals surface area (Å²) in [7, 11) is 0. The summed E-state index contributed by atoms with van der Waals surface area (Å²) in [6.07, 6.45) is 2.57. The van der Waals surface area contributed by atoms with Gasteiger partial charge in [-0.1, -0.05) is 0 Å². The van der Waals surface area contributed by atoms with Gasteiger partial charge in [-0.05, 0) is 39.2 Å². The SMILES string of the molecule is Cc1cc(NC2(CC(=O)O)CCC2)c(C(N)=O)c(C)n1. The van der Waals surface area contributed by atoms with E-state index in [1.165, 1.54) is 0 Å². The van der Waals surface area contributed by atoms with Gasteiger partial charge in [-0.3, -0.25) is 14.6 Å². The van der Waals surface area contributed by atoms with E-state index in [0.717, 1.165) is 25.0 Å². The maximum absolute atomic E-state index is 11.6. The van der Waals surface area contributed by atoms with Gasteiger partial charge in [0.15, 0.2) is 0 Å². The Bertz CT molecular complexity index is 565. The number of hydrogen-bond donors (Lipinski definition) is 3. The molecule has 6 nitrogen and oxygen atoms in total. The number of carbonyl (C=O) groups is 2. The van der Waals surface area contributed by atoms with Crippen molar-refractivity contribution in [2.75, 3.05) is 5.32 Å². The first-order valence-corrected chi connectivity index (χ1v) is 6.61. The van der Waals surface area contributed by atoms with Gasteiger partial charge >= 0.3 is 5.97 Å². The summed E-state index contributed by atoms with van der Waals surface area (Å²) in [5, 5.41) is 12.3. The van der Waals surface area contributed by atoms with Gasteiger partial charge in [0.2, 0.25) is 0 Å². The van der Waals surface area contributed by atoms with Crippen molar-refractivity contribution in [3.05, 3.63) is 23.0 Å². The number of nitrogens with one attached hydrogen (secondary N) is 1. The molecule has 0 unspecified atom stereocenters. The van der Waals surface area contributed by atoms with Gasteiger partial charge in [0.1, 0.15) is 0 Å². The zero-order valence-electron chi connectivity index (χ0n) is 11.7. The number of carbonyl (C=O) groups excluding carboxylic acids is 1. The lowest BCUT2D eigenvalue weighted by atomic mass is 9.74. The molecule has 6 heteroatoms. The highest BCUT2D eigenvalue weighted by atomic mass is 16.4. The molecule has 4 N–H and O–H groups in total. The predicted octanol–water partition coefficient (Wildman–Crippen LogP) is 1.61. The number of aromatic nitrogens is 1. The first kappa shape index (κ1) is 14.3. The van der Waals surface area contributed by atoms with E-state index in [1.807, 2.05) is 6.92 Å². The van der Waals surface area contributed by atoms with E-state index in [4.69, 9.17) is 10.8 Å². The molecule has 20 heavy (non-hydrogen) atoms. The minimum atomic E-state index is -0.847. The van der Waals surface area contributed by atoms with E-state index in [-0.39, 0.29) is 6.42 Å². The molecule has 0 saturated heterocycles. The van der Waals surface area contributed by atoms with Crippen molar-refractivity contribution >= 4 is 17.6 Å². The molecule has 0 aromatic carbocycles. The summed E-state index contributed by atoms with van der Waals surface area (Å²) in [4.78, 5) is 26.8. The highest BCUT2D eigenvalue weighted by Crippen LogP contribution is 2.39. The molecule has 1 saturated carbocycles. The van der Waals surface area contributed by atoms with Crippen molar-refractivity contribution in [1.82, 2.24) is 4.98 Å². The zero-order valence-corrected chi connectivity index (χ0v) is 11.7. The molecule has 1 aliphatic rings. The number of nitrogens with two attached hydrogens (primary N) is 1. The minimum absolute atomic E-state index is 0.0334. The van der Waals surface area contributed by atoms with Crippen LogP contribution in [0.5, 0.6) is 0 Å². The maximum atomic E-state index is 11.6. The number of anilines is 1. The molecular formula is C14H19N3O3. The molecule has 1 aromatic heterocycles. The van der Waals surface area contributed by atoms with Gasteiger partial charge < -0.3 is 16.2 Å². The predicted molar refractivity (Wildman–Crippen MR) is 74.7 cm³/mol. The van der Waals surface area contributed by atoms with Gasteiger partial charge in [0.05, 0.1) is 23.4 Å². The molecule has 1 fully saturated rings. The molecule has 2 rings (SSSR count). The van der Waals surface area contributed by atoms with Gasteiger partial charge in [0, 0.05) is 11.2 Å². The molecule has 1 aliphatic carbocycles. The first-order valence-electron chi connectivity index (χ1n) is 6.61. The Balaban J connectivity index is 2.37. The summed E-state index contributed by atoms with van der Waals surface area (Å²) in [5.41, 5.74) is 7.18. The standard InChI is InChI=1S/C14H19N3O3/c1-8-6-10(12(13(15)20)9(2)16-8)17-14(4-3-5-14)7-11(18)19/h6H,3-5,7H2,1-2H3,(H2,15,20)(H,16,17)(H,18,19). The van der Waals surface area contributed by atoms with E-state index in [1.54, 1.807) is 13.0 Å². The molecular weight excluding hydrogens is 258 g/mol. The van der Waals surface area contributed by atoms with Crippen molar-refractivity contribution in [3.63, 3.8) is 0 Å². The normalized spacial score (nSPS) is 16.3. The summed E-state index contributed by atoms with van der Waals surface area (Å²) in [6.45, 7) is 3.55. The van der Waals surface area contributed by atoms with Crippen LogP contribution in [-0.4, -0.2) is 27.5 Å². The fourth-order valence-electron chi connectivity index (χ4n) is 2.76. The largest absolute Gasteiger partial charge is 0.481 e. The summed E-state index contributed by atoms with van der Waals surface area (Å²) in [5.74, 6) is -1.40. The third-order valence-electron chi connectivity index (χ3n) is 3.77.